The van der Waals surface area contributed by atoms with Gasteiger partial charge in [-0.25, -0.2) is 4.98 Å². The van der Waals surface area contributed by atoms with E-state index in [1.54, 1.807) is 12.5 Å². The van der Waals surface area contributed by atoms with Gasteiger partial charge in [0.15, 0.2) is 0 Å². The minimum absolute atomic E-state index is 0.0364. The number of nitrogens with zero attached hydrogens (tertiary/aromatic N) is 2. The van der Waals surface area contributed by atoms with Gasteiger partial charge in [0, 0.05) is 24.9 Å². The number of aromatic amines is 1. The third-order valence-corrected chi connectivity index (χ3v) is 2.58. The van der Waals surface area contributed by atoms with Crippen molar-refractivity contribution in [2.75, 3.05) is 6.54 Å². The van der Waals surface area contributed by atoms with Crippen LogP contribution in [0, 0.1) is 0 Å². The smallest absolute Gasteiger partial charge is 0.231 e. The number of carbonyl (C=O) groups is 2. The van der Waals surface area contributed by atoms with E-state index in [1.807, 2.05) is 0 Å². The van der Waals surface area contributed by atoms with E-state index in [4.69, 9.17) is 0 Å². The van der Waals surface area contributed by atoms with Crippen molar-refractivity contribution < 1.29 is 14.7 Å². The van der Waals surface area contributed by atoms with Crippen molar-refractivity contribution in [1.29, 1.82) is 0 Å². The zero-order valence-electron chi connectivity index (χ0n) is 8.72. The first-order chi connectivity index (χ1) is 7.66. The number of hydrogen-bond donors (Lipinski definition) is 2. The van der Waals surface area contributed by atoms with E-state index < -0.39 is 6.10 Å². The number of imide groups is 1. The second-order valence-corrected chi connectivity index (χ2v) is 3.83. The van der Waals surface area contributed by atoms with Crippen molar-refractivity contribution in [2.45, 2.75) is 25.4 Å². The van der Waals surface area contributed by atoms with Crippen molar-refractivity contribution in [3.63, 3.8) is 0 Å². The second kappa shape index (κ2) is 4.44. The lowest BCUT2D eigenvalue weighted by atomic mass is 10.1. The summed E-state index contributed by atoms with van der Waals surface area (Å²) < 4.78 is 0. The number of hydrogen-bond acceptors (Lipinski definition) is 4. The molecule has 0 bridgehead atoms. The Morgan fingerprint density at radius 1 is 1.44 bits per heavy atom. The third-order valence-electron chi connectivity index (χ3n) is 2.58. The molecule has 6 nitrogen and oxygen atoms in total. The topological polar surface area (TPSA) is 86.3 Å². The Hall–Kier alpha value is -1.69. The normalized spacial score (nSPS) is 18.2. The SMILES string of the molecule is O=C1CC(O)CC(=O)N1CCc1cnc[nH]1. The number of carbonyl (C=O) groups excluding carboxylic acids is 2. The molecule has 0 radical (unpaired) electrons. The average molecular weight is 223 g/mol. The first kappa shape index (κ1) is 10.8. The van der Waals surface area contributed by atoms with Gasteiger partial charge in [-0.3, -0.25) is 14.5 Å². The molecule has 0 atom stereocenters. The maximum atomic E-state index is 11.5. The molecule has 1 aliphatic rings. The number of H-pyrrole nitrogens is 1. The van der Waals surface area contributed by atoms with Gasteiger partial charge in [0.05, 0.1) is 25.3 Å². The van der Waals surface area contributed by atoms with Crippen molar-refractivity contribution in [3.05, 3.63) is 18.2 Å². The summed E-state index contributed by atoms with van der Waals surface area (Å²) >= 11 is 0. The van der Waals surface area contributed by atoms with E-state index in [0.717, 1.165) is 5.69 Å². The summed E-state index contributed by atoms with van der Waals surface area (Å²) in [6.07, 6.45) is 3.03. The molecule has 1 saturated heterocycles. The Kier molecular flexibility index (Phi) is 3.00. The first-order valence-corrected chi connectivity index (χ1v) is 5.15. The zero-order valence-corrected chi connectivity index (χ0v) is 8.72. The van der Waals surface area contributed by atoms with Gasteiger partial charge in [-0.15, -0.1) is 0 Å². The van der Waals surface area contributed by atoms with Gasteiger partial charge in [0.1, 0.15) is 0 Å². The molecule has 2 heterocycles. The largest absolute Gasteiger partial charge is 0.392 e. The van der Waals surface area contributed by atoms with Crippen LogP contribution in [0.5, 0.6) is 0 Å². The Morgan fingerprint density at radius 2 is 2.12 bits per heavy atom. The predicted octanol–water partition coefficient (Wildman–Crippen LogP) is -0.538. The molecular formula is C10H13N3O3. The highest BCUT2D eigenvalue weighted by molar-refractivity contribution is 5.98. The van der Waals surface area contributed by atoms with Crippen LogP contribution < -0.4 is 0 Å². The molecule has 1 aromatic rings. The minimum Gasteiger partial charge on any atom is -0.392 e. The van der Waals surface area contributed by atoms with Gasteiger partial charge in [-0.1, -0.05) is 0 Å². The molecule has 0 aliphatic carbocycles. The lowest BCUT2D eigenvalue weighted by Gasteiger charge is -2.27. The van der Waals surface area contributed by atoms with Crippen LogP contribution in [0.4, 0.5) is 0 Å². The van der Waals surface area contributed by atoms with E-state index >= 15 is 0 Å². The monoisotopic (exact) mass is 223 g/mol. The van der Waals surface area contributed by atoms with E-state index in [9.17, 15) is 14.7 Å². The molecule has 86 valence electrons. The fourth-order valence-electron chi connectivity index (χ4n) is 1.74. The van der Waals surface area contributed by atoms with Gasteiger partial charge in [-0.2, -0.15) is 0 Å². The highest BCUT2D eigenvalue weighted by Gasteiger charge is 2.30. The van der Waals surface area contributed by atoms with Crippen molar-refractivity contribution in [2.24, 2.45) is 0 Å². The van der Waals surface area contributed by atoms with Crippen LogP contribution in [0.1, 0.15) is 18.5 Å². The Bertz CT molecular complexity index is 370. The number of aromatic nitrogens is 2. The highest BCUT2D eigenvalue weighted by Crippen LogP contribution is 2.13. The lowest BCUT2D eigenvalue weighted by Crippen LogP contribution is -2.45. The van der Waals surface area contributed by atoms with Crippen LogP contribution in [0.3, 0.4) is 0 Å². The summed E-state index contributed by atoms with van der Waals surface area (Å²) in [5.74, 6) is -0.605. The molecule has 0 aromatic carbocycles. The molecule has 0 saturated carbocycles. The third kappa shape index (κ3) is 2.27. The zero-order chi connectivity index (χ0) is 11.5. The molecular weight excluding hydrogens is 210 g/mol. The summed E-state index contributed by atoms with van der Waals surface area (Å²) in [6.45, 7) is 0.340. The van der Waals surface area contributed by atoms with Crippen LogP contribution in [0.25, 0.3) is 0 Å². The van der Waals surface area contributed by atoms with Gasteiger partial charge < -0.3 is 10.1 Å². The molecule has 2 amide bonds. The van der Waals surface area contributed by atoms with Crippen molar-refractivity contribution >= 4 is 11.8 Å². The number of piperidine rings is 1. The average Bonchev–Trinajstić information content (AvgIpc) is 2.68. The lowest BCUT2D eigenvalue weighted by molar-refractivity contribution is -0.152. The molecule has 2 rings (SSSR count). The fraction of sp³-hybridized carbons (Fsp3) is 0.500. The summed E-state index contributed by atoms with van der Waals surface area (Å²) in [5.41, 5.74) is 0.881. The number of likely N-dealkylation sites (tertiary alicyclic amines) is 1. The molecule has 1 aliphatic heterocycles. The molecule has 16 heavy (non-hydrogen) atoms. The molecule has 1 aromatic heterocycles. The maximum absolute atomic E-state index is 11.5. The summed E-state index contributed by atoms with van der Waals surface area (Å²) in [4.78, 5) is 30.9. The minimum atomic E-state index is -0.816. The van der Waals surface area contributed by atoms with Gasteiger partial charge in [-0.05, 0) is 0 Å². The van der Waals surface area contributed by atoms with E-state index in [2.05, 4.69) is 9.97 Å². The molecule has 0 unspecified atom stereocenters. The fourth-order valence-corrected chi connectivity index (χ4v) is 1.74. The van der Waals surface area contributed by atoms with E-state index in [0.29, 0.717) is 13.0 Å². The van der Waals surface area contributed by atoms with Crippen molar-refractivity contribution in [1.82, 2.24) is 14.9 Å². The predicted molar refractivity (Wildman–Crippen MR) is 54.3 cm³/mol. The maximum Gasteiger partial charge on any atom is 0.231 e. The summed E-state index contributed by atoms with van der Waals surface area (Å²) in [5, 5.41) is 9.24. The summed E-state index contributed by atoms with van der Waals surface area (Å²) in [6, 6.07) is 0. The quantitative estimate of drug-likeness (QED) is 0.674. The highest BCUT2D eigenvalue weighted by atomic mass is 16.3. The molecule has 2 N–H and O–H groups in total. The van der Waals surface area contributed by atoms with Gasteiger partial charge in [0.25, 0.3) is 0 Å². The standard InChI is InChI=1S/C10H13N3O3/c14-8-3-9(15)13(10(16)4-8)2-1-7-5-11-6-12-7/h5-6,8,14H,1-4H2,(H,11,12). The number of aliphatic hydroxyl groups is 1. The number of aliphatic hydroxyl groups excluding tert-OH is 1. The van der Waals surface area contributed by atoms with E-state index in [1.165, 1.54) is 4.90 Å². The first-order valence-electron chi connectivity index (χ1n) is 5.15. The number of imidazole rings is 1. The second-order valence-electron chi connectivity index (χ2n) is 3.83. The van der Waals surface area contributed by atoms with Crippen LogP contribution in [-0.2, 0) is 16.0 Å². The molecule has 6 heteroatoms. The Balaban J connectivity index is 1.93. The Labute approximate surface area is 92.3 Å². The van der Waals surface area contributed by atoms with Crippen LogP contribution in [-0.4, -0.2) is 44.4 Å². The molecule has 1 fully saturated rings. The number of rotatable bonds is 3. The van der Waals surface area contributed by atoms with Crippen LogP contribution in [0.2, 0.25) is 0 Å². The van der Waals surface area contributed by atoms with Crippen LogP contribution in [0.15, 0.2) is 12.5 Å². The number of nitrogens with one attached hydrogen (secondary N) is 1. The van der Waals surface area contributed by atoms with Gasteiger partial charge in [0.2, 0.25) is 11.8 Å². The Morgan fingerprint density at radius 3 is 2.69 bits per heavy atom. The molecule has 0 spiro atoms. The number of amides is 2. The summed E-state index contributed by atoms with van der Waals surface area (Å²) in [7, 11) is 0. The van der Waals surface area contributed by atoms with Gasteiger partial charge >= 0.3 is 0 Å². The van der Waals surface area contributed by atoms with Crippen LogP contribution >= 0.6 is 0 Å². The van der Waals surface area contributed by atoms with E-state index in [-0.39, 0.29) is 24.7 Å². The van der Waals surface area contributed by atoms with Crippen molar-refractivity contribution in [3.8, 4) is 0 Å².